The summed E-state index contributed by atoms with van der Waals surface area (Å²) < 4.78 is 1.82. The molecule has 0 saturated carbocycles. The summed E-state index contributed by atoms with van der Waals surface area (Å²) in [5, 5.41) is 4.82. The summed E-state index contributed by atoms with van der Waals surface area (Å²) in [6.45, 7) is 2.03. The van der Waals surface area contributed by atoms with Crippen molar-refractivity contribution in [2.75, 3.05) is 4.90 Å². The van der Waals surface area contributed by atoms with Crippen LogP contribution >= 0.6 is 11.6 Å². The van der Waals surface area contributed by atoms with Gasteiger partial charge in [0.25, 0.3) is 5.91 Å². The lowest BCUT2D eigenvalue weighted by molar-refractivity contribution is 0.0966. The zero-order chi connectivity index (χ0) is 17.4. The quantitative estimate of drug-likeness (QED) is 0.701. The van der Waals surface area contributed by atoms with Crippen molar-refractivity contribution in [3.05, 3.63) is 77.1 Å². The second-order valence-corrected chi connectivity index (χ2v) is 6.58. The zero-order valence-electron chi connectivity index (χ0n) is 13.7. The second-order valence-electron chi connectivity index (χ2n) is 6.17. The number of amides is 1. The molecular formula is C19H17ClN4O. The molecule has 0 saturated heterocycles. The van der Waals surface area contributed by atoms with E-state index in [1.165, 1.54) is 6.33 Å². The van der Waals surface area contributed by atoms with Gasteiger partial charge in [0.1, 0.15) is 6.33 Å². The standard InChI is InChI=1S/C19H17ClN4O/c1-13-11-17(14-7-3-2-4-8-14)24-19(21-12-22-24)23(13)18(25)15-9-5-6-10-16(15)20/h2-10,12-13,17H,11H2,1H3/t13-,17-/m1/s1. The molecule has 6 heteroatoms. The van der Waals surface area contributed by atoms with Gasteiger partial charge in [-0.1, -0.05) is 54.1 Å². The number of hydrogen-bond donors (Lipinski definition) is 0. The lowest BCUT2D eigenvalue weighted by atomic mass is 9.97. The van der Waals surface area contributed by atoms with Crippen molar-refractivity contribution in [3.8, 4) is 0 Å². The van der Waals surface area contributed by atoms with E-state index in [9.17, 15) is 4.79 Å². The molecule has 0 unspecified atom stereocenters. The van der Waals surface area contributed by atoms with Gasteiger partial charge in [0.2, 0.25) is 5.95 Å². The molecule has 126 valence electrons. The largest absolute Gasteiger partial charge is 0.274 e. The Hall–Kier alpha value is -2.66. The van der Waals surface area contributed by atoms with Gasteiger partial charge in [-0.25, -0.2) is 4.68 Å². The summed E-state index contributed by atoms with van der Waals surface area (Å²) >= 11 is 6.22. The Morgan fingerprint density at radius 3 is 2.60 bits per heavy atom. The van der Waals surface area contributed by atoms with Gasteiger partial charge in [-0.2, -0.15) is 10.1 Å². The first kappa shape index (κ1) is 15.8. The summed E-state index contributed by atoms with van der Waals surface area (Å²) in [5.74, 6) is 0.399. The summed E-state index contributed by atoms with van der Waals surface area (Å²) in [7, 11) is 0. The van der Waals surface area contributed by atoms with Crippen molar-refractivity contribution in [1.82, 2.24) is 14.8 Å². The molecule has 25 heavy (non-hydrogen) atoms. The molecule has 0 fully saturated rings. The predicted octanol–water partition coefficient (Wildman–Crippen LogP) is 3.96. The third kappa shape index (κ3) is 2.70. The van der Waals surface area contributed by atoms with Crippen molar-refractivity contribution in [1.29, 1.82) is 0 Å². The van der Waals surface area contributed by atoms with E-state index >= 15 is 0 Å². The topological polar surface area (TPSA) is 51.0 Å². The fraction of sp³-hybridized carbons (Fsp3) is 0.211. The first-order chi connectivity index (χ1) is 12.2. The number of carbonyl (C=O) groups excluding carboxylic acids is 1. The lowest BCUT2D eigenvalue weighted by Crippen LogP contribution is -2.46. The van der Waals surface area contributed by atoms with E-state index in [0.717, 1.165) is 12.0 Å². The predicted molar refractivity (Wildman–Crippen MR) is 96.9 cm³/mol. The number of fused-ring (bicyclic) bond motifs is 1. The molecule has 2 atom stereocenters. The highest BCUT2D eigenvalue weighted by Crippen LogP contribution is 2.35. The molecule has 1 amide bonds. The van der Waals surface area contributed by atoms with Crippen LogP contribution in [0, 0.1) is 0 Å². The van der Waals surface area contributed by atoms with E-state index in [1.807, 2.05) is 41.9 Å². The van der Waals surface area contributed by atoms with E-state index in [4.69, 9.17) is 11.6 Å². The monoisotopic (exact) mass is 352 g/mol. The first-order valence-electron chi connectivity index (χ1n) is 8.19. The lowest BCUT2D eigenvalue weighted by Gasteiger charge is -2.37. The van der Waals surface area contributed by atoms with Gasteiger partial charge < -0.3 is 0 Å². The Bertz CT molecular complexity index is 909. The van der Waals surface area contributed by atoms with E-state index in [1.54, 1.807) is 17.0 Å². The fourth-order valence-corrected chi connectivity index (χ4v) is 3.59. The highest BCUT2D eigenvalue weighted by Gasteiger charge is 2.37. The van der Waals surface area contributed by atoms with Crippen molar-refractivity contribution in [2.45, 2.75) is 25.4 Å². The van der Waals surface area contributed by atoms with Gasteiger partial charge >= 0.3 is 0 Å². The van der Waals surface area contributed by atoms with Crippen LogP contribution in [0.4, 0.5) is 5.95 Å². The summed E-state index contributed by atoms with van der Waals surface area (Å²) in [6.07, 6.45) is 2.26. The van der Waals surface area contributed by atoms with Crippen molar-refractivity contribution >= 4 is 23.5 Å². The molecule has 0 bridgehead atoms. The molecule has 2 aromatic carbocycles. The number of hydrogen-bond acceptors (Lipinski definition) is 3. The third-order valence-electron chi connectivity index (χ3n) is 4.58. The summed E-state index contributed by atoms with van der Waals surface area (Å²) in [6, 6.07) is 17.3. The highest BCUT2D eigenvalue weighted by molar-refractivity contribution is 6.34. The van der Waals surface area contributed by atoms with E-state index < -0.39 is 0 Å². The van der Waals surface area contributed by atoms with Gasteiger partial charge in [-0.05, 0) is 31.0 Å². The highest BCUT2D eigenvalue weighted by atomic mass is 35.5. The van der Waals surface area contributed by atoms with Crippen LogP contribution < -0.4 is 4.90 Å². The Balaban J connectivity index is 1.76. The minimum Gasteiger partial charge on any atom is -0.274 e. The summed E-state index contributed by atoms with van der Waals surface area (Å²) in [5.41, 5.74) is 1.63. The van der Waals surface area contributed by atoms with E-state index in [0.29, 0.717) is 16.5 Å². The Morgan fingerprint density at radius 2 is 1.84 bits per heavy atom. The van der Waals surface area contributed by atoms with Gasteiger partial charge in [0.15, 0.2) is 0 Å². The van der Waals surface area contributed by atoms with Gasteiger partial charge in [0.05, 0.1) is 16.6 Å². The maximum absolute atomic E-state index is 13.1. The van der Waals surface area contributed by atoms with Crippen molar-refractivity contribution in [2.24, 2.45) is 0 Å². The molecule has 3 aromatic rings. The van der Waals surface area contributed by atoms with Crippen LogP contribution in [0.3, 0.4) is 0 Å². The number of halogens is 1. The average molecular weight is 353 g/mol. The van der Waals surface area contributed by atoms with Gasteiger partial charge in [-0.3, -0.25) is 9.69 Å². The average Bonchev–Trinajstić information content (AvgIpc) is 3.11. The molecule has 2 heterocycles. The minimum absolute atomic E-state index is 0.0225. The number of aromatic nitrogens is 3. The Kier molecular flexibility index (Phi) is 4.01. The van der Waals surface area contributed by atoms with Crippen molar-refractivity contribution < 1.29 is 4.79 Å². The van der Waals surface area contributed by atoms with Crippen LogP contribution in [0.5, 0.6) is 0 Å². The number of carbonyl (C=O) groups is 1. The molecule has 0 spiro atoms. The Morgan fingerprint density at radius 1 is 1.12 bits per heavy atom. The minimum atomic E-state index is -0.154. The van der Waals surface area contributed by atoms with Gasteiger partial charge in [0, 0.05) is 6.04 Å². The van der Waals surface area contributed by atoms with Crippen LogP contribution in [0.1, 0.15) is 35.3 Å². The van der Waals surface area contributed by atoms with Crippen LogP contribution in [0.15, 0.2) is 60.9 Å². The molecule has 5 nitrogen and oxygen atoms in total. The summed E-state index contributed by atoms with van der Waals surface area (Å²) in [4.78, 5) is 19.1. The van der Waals surface area contributed by atoms with Crippen molar-refractivity contribution in [3.63, 3.8) is 0 Å². The number of benzene rings is 2. The maximum atomic E-state index is 13.1. The van der Waals surface area contributed by atoms with E-state index in [2.05, 4.69) is 22.2 Å². The second kappa shape index (κ2) is 6.33. The molecule has 0 aliphatic carbocycles. The number of nitrogens with zero attached hydrogens (tertiary/aromatic N) is 4. The third-order valence-corrected chi connectivity index (χ3v) is 4.91. The smallest absolute Gasteiger partial charge is 0.262 e. The van der Waals surface area contributed by atoms with Crippen LogP contribution in [0.2, 0.25) is 5.02 Å². The molecule has 1 aliphatic heterocycles. The van der Waals surface area contributed by atoms with Crippen LogP contribution in [0.25, 0.3) is 0 Å². The maximum Gasteiger partial charge on any atom is 0.262 e. The molecule has 4 rings (SSSR count). The SMILES string of the molecule is C[C@@H]1C[C@H](c2ccccc2)n2ncnc2N1C(=O)c1ccccc1Cl. The fourth-order valence-electron chi connectivity index (χ4n) is 3.37. The van der Waals surface area contributed by atoms with Crippen LogP contribution in [-0.2, 0) is 0 Å². The zero-order valence-corrected chi connectivity index (χ0v) is 14.5. The molecule has 1 aromatic heterocycles. The first-order valence-corrected chi connectivity index (χ1v) is 8.57. The number of rotatable bonds is 2. The van der Waals surface area contributed by atoms with Crippen LogP contribution in [-0.4, -0.2) is 26.7 Å². The molecule has 0 radical (unpaired) electrons. The number of anilines is 1. The van der Waals surface area contributed by atoms with E-state index in [-0.39, 0.29) is 18.0 Å². The normalized spacial score (nSPS) is 19.5. The van der Waals surface area contributed by atoms with Gasteiger partial charge in [-0.15, -0.1) is 0 Å². The molecule has 1 aliphatic rings. The molecular weight excluding hydrogens is 336 g/mol. The molecule has 0 N–H and O–H groups in total. The Labute approximate surface area is 150 Å².